The number of hydrogen-bond acceptors (Lipinski definition) is 3. The molecule has 0 aliphatic carbocycles. The minimum Gasteiger partial charge on any atom is -0.491 e. The molecule has 2 aromatic rings. The molecule has 112 valence electrons. The molecule has 0 bridgehead atoms. The average molecular weight is 285 g/mol. The van der Waals surface area contributed by atoms with E-state index in [1.54, 1.807) is 7.11 Å². The summed E-state index contributed by atoms with van der Waals surface area (Å²) >= 11 is 0. The maximum Gasteiger partial charge on any atom is 0.119 e. The molecule has 0 aliphatic heterocycles. The zero-order chi connectivity index (χ0) is 15.1. The smallest absolute Gasteiger partial charge is 0.119 e. The first-order valence-corrected chi connectivity index (χ1v) is 7.21. The molecule has 0 atom stereocenters. The minimum absolute atomic E-state index is 0.575. The van der Waals surface area contributed by atoms with Gasteiger partial charge in [-0.15, -0.1) is 0 Å². The molecule has 3 nitrogen and oxygen atoms in total. The van der Waals surface area contributed by atoms with Crippen molar-refractivity contribution in [2.45, 2.75) is 20.4 Å². The number of benzene rings is 2. The van der Waals surface area contributed by atoms with Crippen LogP contribution in [0.15, 0.2) is 42.5 Å². The van der Waals surface area contributed by atoms with Gasteiger partial charge in [0.05, 0.1) is 6.61 Å². The van der Waals surface area contributed by atoms with Crippen molar-refractivity contribution in [1.82, 2.24) is 0 Å². The molecule has 3 heteroatoms. The maximum absolute atomic E-state index is 5.55. The molecule has 0 unspecified atom stereocenters. The Bertz CT molecular complexity index is 564. The van der Waals surface area contributed by atoms with E-state index in [9.17, 15) is 0 Å². The van der Waals surface area contributed by atoms with Gasteiger partial charge in [-0.05, 0) is 54.8 Å². The zero-order valence-electron chi connectivity index (χ0n) is 13.0. The van der Waals surface area contributed by atoms with Gasteiger partial charge >= 0.3 is 0 Å². The first kappa shape index (κ1) is 15.4. The Morgan fingerprint density at radius 1 is 0.952 bits per heavy atom. The van der Waals surface area contributed by atoms with Crippen LogP contribution < -0.4 is 10.1 Å². The summed E-state index contributed by atoms with van der Waals surface area (Å²) in [5, 5.41) is 3.44. The monoisotopic (exact) mass is 285 g/mol. The summed E-state index contributed by atoms with van der Waals surface area (Å²) in [6.07, 6.45) is 0. The lowest BCUT2D eigenvalue weighted by molar-refractivity contribution is 0.146. The van der Waals surface area contributed by atoms with E-state index in [-0.39, 0.29) is 0 Å². The Morgan fingerprint density at radius 2 is 1.71 bits per heavy atom. The molecule has 0 fully saturated rings. The third-order valence-electron chi connectivity index (χ3n) is 3.61. The summed E-state index contributed by atoms with van der Waals surface area (Å²) in [6.45, 7) is 6.32. The van der Waals surface area contributed by atoms with Crippen molar-refractivity contribution in [3.63, 3.8) is 0 Å². The molecule has 2 aromatic carbocycles. The molecule has 1 N–H and O–H groups in total. The lowest BCUT2D eigenvalue weighted by Crippen LogP contribution is -2.04. The molecule has 0 aliphatic rings. The van der Waals surface area contributed by atoms with Gasteiger partial charge in [-0.3, -0.25) is 0 Å². The molecule has 0 amide bonds. The van der Waals surface area contributed by atoms with Crippen LogP contribution in [0, 0.1) is 13.8 Å². The molecule has 2 rings (SSSR count). The first-order valence-electron chi connectivity index (χ1n) is 7.21. The normalized spacial score (nSPS) is 10.4. The Morgan fingerprint density at radius 3 is 2.43 bits per heavy atom. The highest BCUT2D eigenvalue weighted by molar-refractivity contribution is 5.47. The average Bonchev–Trinajstić information content (AvgIpc) is 2.50. The summed E-state index contributed by atoms with van der Waals surface area (Å²) in [7, 11) is 1.67. The van der Waals surface area contributed by atoms with Gasteiger partial charge in [-0.1, -0.05) is 18.2 Å². The quantitative estimate of drug-likeness (QED) is 0.782. The van der Waals surface area contributed by atoms with E-state index in [4.69, 9.17) is 9.47 Å². The van der Waals surface area contributed by atoms with Crippen LogP contribution in [0.4, 0.5) is 5.69 Å². The van der Waals surface area contributed by atoms with Gasteiger partial charge in [0.1, 0.15) is 12.4 Å². The fraction of sp³-hybridized carbons (Fsp3) is 0.333. The van der Waals surface area contributed by atoms with Crippen molar-refractivity contribution < 1.29 is 9.47 Å². The van der Waals surface area contributed by atoms with Gasteiger partial charge in [0, 0.05) is 19.3 Å². The summed E-state index contributed by atoms with van der Waals surface area (Å²) in [4.78, 5) is 0. The molecule has 0 spiro atoms. The molecule has 0 aromatic heterocycles. The van der Waals surface area contributed by atoms with Gasteiger partial charge in [-0.25, -0.2) is 0 Å². The van der Waals surface area contributed by atoms with Crippen LogP contribution in [0.1, 0.15) is 16.7 Å². The van der Waals surface area contributed by atoms with Gasteiger partial charge < -0.3 is 14.8 Å². The molecule has 0 saturated carbocycles. The maximum atomic E-state index is 5.55. The molecular weight excluding hydrogens is 262 g/mol. The van der Waals surface area contributed by atoms with Crippen LogP contribution in [0.2, 0.25) is 0 Å². The topological polar surface area (TPSA) is 30.5 Å². The SMILES string of the molecule is COCCOc1ccc(NCc2cccc(C)c2C)cc1. The van der Waals surface area contributed by atoms with E-state index in [0.29, 0.717) is 13.2 Å². The first-order chi connectivity index (χ1) is 10.2. The predicted molar refractivity (Wildman–Crippen MR) is 87.1 cm³/mol. The second kappa shape index (κ2) is 7.70. The van der Waals surface area contributed by atoms with Crippen LogP contribution in [-0.4, -0.2) is 20.3 Å². The minimum atomic E-state index is 0.575. The van der Waals surface area contributed by atoms with E-state index in [2.05, 4.69) is 37.4 Å². The number of hydrogen-bond donors (Lipinski definition) is 1. The van der Waals surface area contributed by atoms with E-state index in [1.807, 2.05) is 24.3 Å². The standard InChI is InChI=1S/C18H23NO2/c1-14-5-4-6-16(15(14)2)13-19-17-7-9-18(10-8-17)21-12-11-20-3/h4-10,19H,11-13H2,1-3H3. The van der Waals surface area contributed by atoms with Crippen molar-refractivity contribution in [3.05, 3.63) is 59.2 Å². The Balaban J connectivity index is 1.90. The molecule has 21 heavy (non-hydrogen) atoms. The Hall–Kier alpha value is -2.00. The number of aryl methyl sites for hydroxylation is 1. The molecule has 0 saturated heterocycles. The van der Waals surface area contributed by atoms with Gasteiger partial charge in [-0.2, -0.15) is 0 Å². The Labute approximate surface area is 126 Å². The second-order valence-corrected chi connectivity index (χ2v) is 5.08. The third kappa shape index (κ3) is 4.50. The summed E-state index contributed by atoms with van der Waals surface area (Å²) in [6, 6.07) is 14.4. The van der Waals surface area contributed by atoms with E-state index in [0.717, 1.165) is 18.0 Å². The number of nitrogens with one attached hydrogen (secondary N) is 1. The van der Waals surface area contributed by atoms with Gasteiger partial charge in [0.15, 0.2) is 0 Å². The van der Waals surface area contributed by atoms with Gasteiger partial charge in [0.2, 0.25) is 0 Å². The van der Waals surface area contributed by atoms with Crippen LogP contribution in [-0.2, 0) is 11.3 Å². The molecule has 0 radical (unpaired) electrons. The molecule has 0 heterocycles. The van der Waals surface area contributed by atoms with Crippen molar-refractivity contribution in [2.75, 3.05) is 25.6 Å². The van der Waals surface area contributed by atoms with Crippen LogP contribution in [0.5, 0.6) is 5.75 Å². The zero-order valence-corrected chi connectivity index (χ0v) is 13.0. The largest absolute Gasteiger partial charge is 0.491 e. The van der Waals surface area contributed by atoms with Crippen LogP contribution in [0.25, 0.3) is 0 Å². The van der Waals surface area contributed by atoms with Crippen molar-refractivity contribution in [2.24, 2.45) is 0 Å². The number of anilines is 1. The van der Waals surface area contributed by atoms with E-state index < -0.39 is 0 Å². The number of ether oxygens (including phenoxy) is 2. The number of methoxy groups -OCH3 is 1. The van der Waals surface area contributed by atoms with Crippen LogP contribution in [0.3, 0.4) is 0 Å². The van der Waals surface area contributed by atoms with Crippen LogP contribution >= 0.6 is 0 Å². The Kier molecular flexibility index (Phi) is 5.64. The summed E-state index contributed by atoms with van der Waals surface area (Å²) < 4.78 is 10.5. The van der Waals surface area contributed by atoms with Crippen molar-refractivity contribution in [3.8, 4) is 5.75 Å². The second-order valence-electron chi connectivity index (χ2n) is 5.08. The third-order valence-corrected chi connectivity index (χ3v) is 3.61. The lowest BCUT2D eigenvalue weighted by atomic mass is 10.0. The predicted octanol–water partition coefficient (Wildman–Crippen LogP) is 3.94. The van der Waals surface area contributed by atoms with Gasteiger partial charge in [0.25, 0.3) is 0 Å². The summed E-state index contributed by atoms with van der Waals surface area (Å²) in [5.74, 6) is 0.865. The van der Waals surface area contributed by atoms with E-state index in [1.165, 1.54) is 16.7 Å². The highest BCUT2D eigenvalue weighted by Crippen LogP contribution is 2.18. The fourth-order valence-electron chi connectivity index (χ4n) is 2.11. The highest BCUT2D eigenvalue weighted by Gasteiger charge is 2.01. The van der Waals surface area contributed by atoms with E-state index >= 15 is 0 Å². The molecular formula is C18H23NO2. The van der Waals surface area contributed by atoms with Crippen molar-refractivity contribution in [1.29, 1.82) is 0 Å². The fourth-order valence-corrected chi connectivity index (χ4v) is 2.11. The highest BCUT2D eigenvalue weighted by atomic mass is 16.5. The van der Waals surface area contributed by atoms with Crippen molar-refractivity contribution >= 4 is 5.69 Å². The lowest BCUT2D eigenvalue weighted by Gasteiger charge is -2.11. The number of rotatable bonds is 7. The summed E-state index contributed by atoms with van der Waals surface area (Å²) in [5.41, 5.74) is 5.10.